The van der Waals surface area contributed by atoms with Gasteiger partial charge in [0.15, 0.2) is 16.6 Å². The number of amides is 3. The van der Waals surface area contributed by atoms with Crippen molar-refractivity contribution in [2.45, 2.75) is 17.1 Å². The van der Waals surface area contributed by atoms with E-state index in [1.807, 2.05) is 42.6 Å². The van der Waals surface area contributed by atoms with Gasteiger partial charge in [-0.2, -0.15) is 0 Å². The van der Waals surface area contributed by atoms with Crippen LogP contribution >= 0.6 is 23.1 Å². The van der Waals surface area contributed by atoms with Crippen LogP contribution < -0.4 is 25.4 Å². The fourth-order valence-corrected chi connectivity index (χ4v) is 6.82. The van der Waals surface area contributed by atoms with Crippen molar-refractivity contribution in [3.63, 3.8) is 0 Å². The van der Waals surface area contributed by atoms with Crippen molar-refractivity contribution in [1.29, 1.82) is 0 Å². The van der Waals surface area contributed by atoms with E-state index in [1.54, 1.807) is 66.7 Å². The molecule has 51 heavy (non-hydrogen) atoms. The molecule has 3 N–H and O–H groups in total. The third kappa shape index (κ3) is 8.82. The van der Waals surface area contributed by atoms with Crippen LogP contribution in [-0.2, 0) is 9.59 Å². The number of methoxy groups -OCH3 is 2. The molecular formula is C40H34N4O5S2. The van der Waals surface area contributed by atoms with Gasteiger partial charge in [-0.3, -0.25) is 14.4 Å². The normalized spacial score (nSPS) is 11.8. The van der Waals surface area contributed by atoms with E-state index < -0.39 is 17.1 Å². The molecule has 0 spiro atoms. The van der Waals surface area contributed by atoms with Crippen LogP contribution in [0.1, 0.15) is 22.8 Å². The Kier molecular flexibility index (Phi) is 11.1. The van der Waals surface area contributed by atoms with Gasteiger partial charge < -0.3 is 25.4 Å². The summed E-state index contributed by atoms with van der Waals surface area (Å²) in [5, 5.41) is 12.8. The molecule has 256 valence electrons. The maximum absolute atomic E-state index is 13.6. The molecule has 1 unspecified atom stereocenters. The van der Waals surface area contributed by atoms with E-state index in [0.29, 0.717) is 33.4 Å². The first-order valence-electron chi connectivity index (χ1n) is 15.9. The zero-order valence-corrected chi connectivity index (χ0v) is 29.6. The van der Waals surface area contributed by atoms with Crippen molar-refractivity contribution in [2.24, 2.45) is 0 Å². The van der Waals surface area contributed by atoms with Gasteiger partial charge in [-0.15, -0.1) is 23.1 Å². The largest absolute Gasteiger partial charge is 0.493 e. The number of hydrogen-bond acceptors (Lipinski definition) is 8. The topological polar surface area (TPSA) is 119 Å². The fraction of sp³-hybridized carbons (Fsp3) is 0.100. The van der Waals surface area contributed by atoms with Crippen LogP contribution in [0.5, 0.6) is 11.5 Å². The van der Waals surface area contributed by atoms with Crippen molar-refractivity contribution in [1.82, 2.24) is 10.3 Å². The number of rotatable bonds is 12. The van der Waals surface area contributed by atoms with Crippen molar-refractivity contribution >= 4 is 68.5 Å². The van der Waals surface area contributed by atoms with Crippen LogP contribution in [0.15, 0.2) is 131 Å². The number of hydrogen-bond donors (Lipinski definition) is 3. The molecule has 9 nitrogen and oxygen atoms in total. The predicted molar refractivity (Wildman–Crippen MR) is 206 cm³/mol. The minimum Gasteiger partial charge on any atom is -0.493 e. The number of ether oxygens (including phenoxy) is 2. The van der Waals surface area contributed by atoms with Crippen LogP contribution in [0.2, 0.25) is 0 Å². The molecule has 0 aliphatic rings. The molecule has 0 fully saturated rings. The van der Waals surface area contributed by atoms with E-state index in [4.69, 9.17) is 9.47 Å². The number of nitrogens with one attached hydrogen (secondary N) is 3. The number of fused-ring (bicyclic) bond motifs is 1. The van der Waals surface area contributed by atoms with Crippen molar-refractivity contribution < 1.29 is 23.9 Å². The summed E-state index contributed by atoms with van der Waals surface area (Å²) < 4.78 is 10.7. The van der Waals surface area contributed by atoms with Crippen LogP contribution in [0.25, 0.3) is 28.1 Å². The van der Waals surface area contributed by atoms with Crippen LogP contribution in [-0.4, -0.2) is 42.2 Å². The first-order valence-corrected chi connectivity index (χ1v) is 17.7. The maximum atomic E-state index is 13.6. The second-order valence-electron chi connectivity index (χ2n) is 11.3. The van der Waals surface area contributed by atoms with Gasteiger partial charge in [0.2, 0.25) is 5.91 Å². The summed E-state index contributed by atoms with van der Waals surface area (Å²) >= 11 is 2.72. The summed E-state index contributed by atoms with van der Waals surface area (Å²) in [5.74, 6) is -0.163. The van der Waals surface area contributed by atoms with E-state index in [1.165, 1.54) is 37.3 Å². The van der Waals surface area contributed by atoms with Crippen LogP contribution in [0.4, 0.5) is 10.8 Å². The molecule has 6 rings (SSSR count). The average molecular weight is 715 g/mol. The Morgan fingerprint density at radius 2 is 1.55 bits per heavy atom. The number of aromatic nitrogens is 1. The Labute approximate surface area is 303 Å². The standard InChI is InChI=1S/C40H34N4O5S2/c1-25(37(45)44-40-43-34(24-50-40)30-18-17-27-10-7-8-13-29(27)22-30)51-32-15-9-14-31(23-32)41-39(47)33(42-38(46)28-11-5-4-6-12-28)20-26-16-19-35(48-2)36(21-26)49-3/h4-25H,1-3H3,(H,41,47)(H,42,46)(H,43,44,45)/b33-20+. The first kappa shape index (κ1) is 34.9. The van der Waals surface area contributed by atoms with Gasteiger partial charge in [0.25, 0.3) is 11.8 Å². The highest BCUT2D eigenvalue weighted by atomic mass is 32.2. The summed E-state index contributed by atoms with van der Waals surface area (Å²) in [7, 11) is 3.06. The Morgan fingerprint density at radius 1 is 0.784 bits per heavy atom. The molecule has 0 bridgehead atoms. The Morgan fingerprint density at radius 3 is 2.33 bits per heavy atom. The van der Waals surface area contributed by atoms with Crippen molar-refractivity contribution in [3.05, 3.63) is 137 Å². The van der Waals surface area contributed by atoms with Crippen LogP contribution in [0.3, 0.4) is 0 Å². The van der Waals surface area contributed by atoms with Gasteiger partial charge >= 0.3 is 0 Å². The van der Waals surface area contributed by atoms with E-state index in [-0.39, 0.29) is 11.6 Å². The summed E-state index contributed by atoms with van der Waals surface area (Å²) in [5.41, 5.74) is 3.30. The van der Waals surface area contributed by atoms with E-state index in [2.05, 4.69) is 45.2 Å². The zero-order valence-electron chi connectivity index (χ0n) is 28.0. The van der Waals surface area contributed by atoms with Gasteiger partial charge in [0.1, 0.15) is 5.70 Å². The number of carbonyl (C=O) groups excluding carboxylic acids is 3. The summed E-state index contributed by atoms with van der Waals surface area (Å²) in [6.07, 6.45) is 1.56. The molecule has 5 aromatic carbocycles. The molecule has 0 aliphatic heterocycles. The monoisotopic (exact) mass is 714 g/mol. The lowest BCUT2D eigenvalue weighted by Crippen LogP contribution is -2.30. The fourth-order valence-electron chi connectivity index (χ4n) is 5.17. The number of anilines is 2. The molecule has 0 radical (unpaired) electrons. The van der Waals surface area contributed by atoms with Gasteiger partial charge in [-0.25, -0.2) is 4.98 Å². The highest BCUT2D eigenvalue weighted by molar-refractivity contribution is 8.00. The second-order valence-corrected chi connectivity index (χ2v) is 13.6. The second kappa shape index (κ2) is 16.2. The minimum atomic E-state index is -0.534. The lowest BCUT2D eigenvalue weighted by atomic mass is 10.1. The van der Waals surface area contributed by atoms with Crippen molar-refractivity contribution in [3.8, 4) is 22.8 Å². The summed E-state index contributed by atoms with van der Waals surface area (Å²) in [4.78, 5) is 45.3. The quantitative estimate of drug-likeness (QED) is 0.0859. The Hall–Kier alpha value is -5.91. The predicted octanol–water partition coefficient (Wildman–Crippen LogP) is 8.51. The molecule has 0 aliphatic carbocycles. The lowest BCUT2D eigenvalue weighted by Gasteiger charge is -2.14. The Balaban J connectivity index is 1.13. The van der Waals surface area contributed by atoms with Gasteiger partial charge in [-0.05, 0) is 77.9 Å². The first-order chi connectivity index (χ1) is 24.8. The highest BCUT2D eigenvalue weighted by Crippen LogP contribution is 2.31. The average Bonchev–Trinajstić information content (AvgIpc) is 3.63. The smallest absolute Gasteiger partial charge is 0.272 e. The highest BCUT2D eigenvalue weighted by Gasteiger charge is 2.19. The third-order valence-corrected chi connectivity index (χ3v) is 9.65. The molecule has 3 amide bonds. The van der Waals surface area contributed by atoms with Gasteiger partial charge in [0, 0.05) is 27.1 Å². The molecular weight excluding hydrogens is 681 g/mol. The molecule has 0 saturated carbocycles. The maximum Gasteiger partial charge on any atom is 0.272 e. The number of benzene rings is 5. The lowest BCUT2D eigenvalue weighted by molar-refractivity contribution is -0.115. The molecule has 1 atom stereocenters. The van der Waals surface area contributed by atoms with Crippen LogP contribution in [0, 0.1) is 0 Å². The summed E-state index contributed by atoms with van der Waals surface area (Å²) in [6, 6.07) is 35.3. The minimum absolute atomic E-state index is 0.0216. The molecule has 1 aromatic heterocycles. The summed E-state index contributed by atoms with van der Waals surface area (Å²) in [6.45, 7) is 1.81. The number of nitrogens with zero attached hydrogens (tertiary/aromatic N) is 1. The van der Waals surface area contributed by atoms with E-state index >= 15 is 0 Å². The molecule has 6 aromatic rings. The van der Waals surface area contributed by atoms with Gasteiger partial charge in [-0.1, -0.05) is 66.7 Å². The van der Waals surface area contributed by atoms with E-state index in [0.717, 1.165) is 26.9 Å². The third-order valence-electron chi connectivity index (χ3n) is 7.80. The Bertz CT molecular complexity index is 2240. The number of thioether (sulfide) groups is 1. The molecule has 0 saturated heterocycles. The van der Waals surface area contributed by atoms with E-state index in [9.17, 15) is 14.4 Å². The number of carbonyl (C=O) groups is 3. The van der Waals surface area contributed by atoms with Crippen molar-refractivity contribution in [2.75, 3.05) is 24.9 Å². The van der Waals surface area contributed by atoms with Gasteiger partial charge in [0.05, 0.1) is 25.2 Å². The number of thiazole rings is 1. The molecule has 11 heteroatoms. The molecule has 1 heterocycles. The zero-order chi connectivity index (χ0) is 35.7. The SMILES string of the molecule is COc1ccc(/C=C(/NC(=O)c2ccccc2)C(=O)Nc2cccc(SC(C)C(=O)Nc3nc(-c4ccc5ccccc5c4)cs3)c2)cc1OC.